The summed E-state index contributed by atoms with van der Waals surface area (Å²) in [6.07, 6.45) is 1.13. The van der Waals surface area contributed by atoms with Gasteiger partial charge in [-0.1, -0.05) is 35.9 Å². The second-order valence-electron chi connectivity index (χ2n) is 5.55. The summed E-state index contributed by atoms with van der Waals surface area (Å²) < 4.78 is 26.7. The highest BCUT2D eigenvalue weighted by molar-refractivity contribution is 7.92. The largest absolute Gasteiger partial charge is 0.425 e. The summed E-state index contributed by atoms with van der Waals surface area (Å²) in [7, 11) is -2.69. The highest BCUT2D eigenvalue weighted by Gasteiger charge is 2.23. The van der Waals surface area contributed by atoms with Crippen LogP contribution >= 0.6 is 11.6 Å². The van der Waals surface area contributed by atoms with E-state index in [2.05, 4.69) is 0 Å². The Morgan fingerprint density at radius 3 is 2.08 bits per heavy atom. The van der Waals surface area contributed by atoms with Crippen molar-refractivity contribution in [1.82, 2.24) is 4.73 Å². The molecule has 0 unspecified atom stereocenters. The summed E-state index contributed by atoms with van der Waals surface area (Å²) in [4.78, 5) is 12.0. The molecule has 0 saturated heterocycles. The number of anilines is 1. The summed E-state index contributed by atoms with van der Waals surface area (Å²) >= 11 is 5.87. The maximum Gasteiger partial charge on any atom is 0.307 e. The minimum atomic E-state index is -3.95. The molecule has 1 N–H and O–H groups in total. The smallest absolute Gasteiger partial charge is 0.307 e. The number of rotatable bonds is 4. The molecule has 26 heavy (non-hydrogen) atoms. The molecule has 1 aromatic heterocycles. The minimum absolute atomic E-state index is 0.0328. The Bertz CT molecular complexity index is 1090. The molecule has 0 spiro atoms. The van der Waals surface area contributed by atoms with E-state index in [4.69, 9.17) is 11.6 Å². The third kappa shape index (κ3) is 3.31. The van der Waals surface area contributed by atoms with Crippen molar-refractivity contribution in [3.8, 4) is 11.1 Å². The van der Waals surface area contributed by atoms with Crippen LogP contribution in [0.2, 0.25) is 5.02 Å². The number of halogens is 1. The van der Waals surface area contributed by atoms with Gasteiger partial charge in [-0.25, -0.2) is 8.42 Å². The molecule has 0 aliphatic carbocycles. The monoisotopic (exact) mass is 390 g/mol. The van der Waals surface area contributed by atoms with Crippen molar-refractivity contribution < 1.29 is 13.6 Å². The Hall–Kier alpha value is -2.77. The zero-order valence-electron chi connectivity index (χ0n) is 13.7. The molecule has 1 heterocycles. The van der Waals surface area contributed by atoms with E-state index in [9.17, 15) is 18.4 Å². The number of nitrogens with zero attached hydrogens (tertiary/aromatic N) is 2. The molecule has 2 aromatic carbocycles. The Balaban J connectivity index is 1.96. The maximum absolute atomic E-state index is 12.8. The molecule has 6 nitrogen and oxygen atoms in total. The minimum Gasteiger partial charge on any atom is -0.425 e. The van der Waals surface area contributed by atoms with Crippen LogP contribution in [0.1, 0.15) is 0 Å². The first kappa shape index (κ1) is 18.0. The van der Waals surface area contributed by atoms with Gasteiger partial charge in [0.25, 0.3) is 10.0 Å². The Kier molecular flexibility index (Phi) is 4.76. The highest BCUT2D eigenvalue weighted by Crippen LogP contribution is 2.25. The number of pyridine rings is 1. The van der Waals surface area contributed by atoms with Gasteiger partial charge >= 0.3 is 5.56 Å². The molecule has 0 saturated carbocycles. The fourth-order valence-electron chi connectivity index (χ4n) is 2.46. The van der Waals surface area contributed by atoms with Crippen molar-refractivity contribution in [3.05, 3.63) is 82.2 Å². The van der Waals surface area contributed by atoms with Gasteiger partial charge in [0, 0.05) is 18.3 Å². The van der Waals surface area contributed by atoms with Crippen molar-refractivity contribution in [1.29, 1.82) is 0 Å². The van der Waals surface area contributed by atoms with Crippen LogP contribution in [0.5, 0.6) is 0 Å². The van der Waals surface area contributed by atoms with Crippen LogP contribution in [-0.2, 0) is 10.0 Å². The van der Waals surface area contributed by atoms with Gasteiger partial charge in [-0.2, -0.15) is 4.73 Å². The molecule has 3 aromatic rings. The number of hydrogen-bond acceptors (Lipinski definition) is 4. The normalized spacial score (nSPS) is 11.3. The van der Waals surface area contributed by atoms with Crippen LogP contribution in [-0.4, -0.2) is 25.4 Å². The molecule has 8 heteroatoms. The molecule has 3 rings (SSSR count). The van der Waals surface area contributed by atoms with Crippen molar-refractivity contribution in [2.45, 2.75) is 4.90 Å². The quantitative estimate of drug-likeness (QED) is 0.693. The van der Waals surface area contributed by atoms with Gasteiger partial charge in [-0.3, -0.25) is 9.10 Å². The second-order valence-corrected chi connectivity index (χ2v) is 7.95. The molecular formula is C18H15ClN2O4S. The van der Waals surface area contributed by atoms with E-state index in [1.165, 1.54) is 31.3 Å². The van der Waals surface area contributed by atoms with Gasteiger partial charge in [-0.05, 0) is 47.5 Å². The SMILES string of the molecule is CN(c1cccn(O)c1=O)S(=O)(=O)c1ccc(-c2ccc(Cl)cc2)cc1. The van der Waals surface area contributed by atoms with Gasteiger partial charge in [0.15, 0.2) is 0 Å². The second kappa shape index (κ2) is 6.86. The number of aromatic nitrogens is 1. The van der Waals surface area contributed by atoms with Gasteiger partial charge in [0.05, 0.1) is 4.90 Å². The summed E-state index contributed by atoms with van der Waals surface area (Å²) in [5.74, 6) is 0. The Labute approximate surface area is 155 Å². The summed E-state index contributed by atoms with van der Waals surface area (Å²) in [6, 6.07) is 16.2. The number of sulfonamides is 1. The first-order valence-electron chi connectivity index (χ1n) is 7.56. The fourth-order valence-corrected chi connectivity index (χ4v) is 3.78. The van der Waals surface area contributed by atoms with E-state index in [1.54, 1.807) is 24.3 Å². The predicted molar refractivity (Wildman–Crippen MR) is 100 cm³/mol. The molecule has 0 atom stereocenters. The van der Waals surface area contributed by atoms with Crippen LogP contribution in [0.3, 0.4) is 0 Å². The van der Waals surface area contributed by atoms with Gasteiger partial charge in [0.1, 0.15) is 5.69 Å². The van der Waals surface area contributed by atoms with E-state index < -0.39 is 15.6 Å². The maximum atomic E-state index is 12.8. The van der Waals surface area contributed by atoms with Crippen LogP contribution in [0.15, 0.2) is 76.6 Å². The molecule has 134 valence electrons. The average Bonchev–Trinajstić information content (AvgIpc) is 2.64. The number of benzene rings is 2. The van der Waals surface area contributed by atoms with Crippen molar-refractivity contribution in [2.75, 3.05) is 11.4 Å². The van der Waals surface area contributed by atoms with Crippen LogP contribution in [0.4, 0.5) is 5.69 Å². The molecule has 0 radical (unpaired) electrons. The molecule has 0 amide bonds. The van der Waals surface area contributed by atoms with Crippen LogP contribution in [0, 0.1) is 0 Å². The summed E-state index contributed by atoms with van der Waals surface area (Å²) in [6.45, 7) is 0. The molecule has 0 aliphatic rings. The fraction of sp³-hybridized carbons (Fsp3) is 0.0556. The predicted octanol–water partition coefficient (Wildman–Crippen LogP) is 3.23. The third-order valence-corrected chi connectivity index (χ3v) is 5.98. The zero-order chi connectivity index (χ0) is 18.9. The van der Waals surface area contributed by atoms with Crippen LogP contribution in [0.25, 0.3) is 11.1 Å². The average molecular weight is 391 g/mol. The lowest BCUT2D eigenvalue weighted by molar-refractivity contribution is 0.175. The van der Waals surface area contributed by atoms with Crippen LogP contribution < -0.4 is 9.86 Å². The summed E-state index contributed by atoms with van der Waals surface area (Å²) in [5.41, 5.74) is 0.756. The lowest BCUT2D eigenvalue weighted by Gasteiger charge is -2.19. The van der Waals surface area contributed by atoms with Crippen molar-refractivity contribution in [2.24, 2.45) is 0 Å². The lowest BCUT2D eigenvalue weighted by Crippen LogP contribution is -2.33. The summed E-state index contributed by atoms with van der Waals surface area (Å²) in [5, 5.41) is 10.1. The Morgan fingerprint density at radius 2 is 1.50 bits per heavy atom. The van der Waals surface area contributed by atoms with Gasteiger partial charge < -0.3 is 5.21 Å². The van der Waals surface area contributed by atoms with Gasteiger partial charge in [-0.15, -0.1) is 0 Å². The van der Waals surface area contributed by atoms with Gasteiger partial charge in [0.2, 0.25) is 0 Å². The van der Waals surface area contributed by atoms with Crippen molar-refractivity contribution >= 4 is 27.3 Å². The van der Waals surface area contributed by atoms with E-state index in [0.717, 1.165) is 21.6 Å². The first-order valence-corrected chi connectivity index (χ1v) is 9.38. The standard InChI is InChI=1S/C18H15ClN2O4S/c1-20(17-3-2-12-21(23)18(17)22)26(24,25)16-10-6-14(7-11-16)13-4-8-15(19)9-5-13/h2-12,23H,1H3. The molecule has 0 aliphatic heterocycles. The third-order valence-electron chi connectivity index (χ3n) is 3.94. The van der Waals surface area contributed by atoms with E-state index in [0.29, 0.717) is 9.75 Å². The topological polar surface area (TPSA) is 79.6 Å². The first-order chi connectivity index (χ1) is 12.3. The molecule has 0 fully saturated rings. The molecule has 0 bridgehead atoms. The van der Waals surface area contributed by atoms with E-state index >= 15 is 0 Å². The van der Waals surface area contributed by atoms with E-state index in [1.807, 2.05) is 12.1 Å². The molecular weight excluding hydrogens is 376 g/mol. The number of hydrogen-bond donors (Lipinski definition) is 1. The van der Waals surface area contributed by atoms with E-state index in [-0.39, 0.29) is 10.6 Å². The Morgan fingerprint density at radius 1 is 0.962 bits per heavy atom. The highest BCUT2D eigenvalue weighted by atomic mass is 35.5. The lowest BCUT2D eigenvalue weighted by atomic mass is 10.1. The zero-order valence-corrected chi connectivity index (χ0v) is 15.3. The van der Waals surface area contributed by atoms with Crippen molar-refractivity contribution in [3.63, 3.8) is 0 Å².